The minimum Gasteiger partial charge on any atom is -0.352 e. The number of hydrogen-bond acceptors (Lipinski definition) is 4. The number of aryl methyl sites for hydroxylation is 2. The third-order valence-electron chi connectivity index (χ3n) is 6.24. The number of nitrogens with zero attached hydrogens (tertiary/aromatic N) is 5. The first-order valence-corrected chi connectivity index (χ1v) is 11.4. The first kappa shape index (κ1) is 21.3. The molecule has 4 aromatic rings. The zero-order valence-electron chi connectivity index (χ0n) is 18.9. The van der Waals surface area contributed by atoms with Gasteiger partial charge in [-0.15, -0.1) is 0 Å². The van der Waals surface area contributed by atoms with E-state index in [9.17, 15) is 0 Å². The van der Waals surface area contributed by atoms with E-state index in [1.54, 1.807) is 0 Å². The third kappa shape index (κ3) is 3.89. The summed E-state index contributed by atoms with van der Waals surface area (Å²) in [5.41, 5.74) is 6.57. The summed E-state index contributed by atoms with van der Waals surface area (Å²) in [6.07, 6.45) is 5.50. The fraction of sp³-hybridized carbons (Fsp3) is 0.231. The van der Waals surface area contributed by atoms with Gasteiger partial charge in [0.1, 0.15) is 5.82 Å². The van der Waals surface area contributed by atoms with Gasteiger partial charge in [-0.3, -0.25) is 9.97 Å². The molecule has 0 bridgehead atoms. The van der Waals surface area contributed by atoms with E-state index in [-0.39, 0.29) is 12.1 Å². The van der Waals surface area contributed by atoms with Crippen molar-refractivity contribution < 1.29 is 0 Å². The van der Waals surface area contributed by atoms with E-state index >= 15 is 0 Å². The van der Waals surface area contributed by atoms with E-state index in [4.69, 9.17) is 12.2 Å². The van der Waals surface area contributed by atoms with Crippen LogP contribution in [-0.2, 0) is 6.54 Å². The zero-order chi connectivity index (χ0) is 22.9. The van der Waals surface area contributed by atoms with Gasteiger partial charge in [0, 0.05) is 30.0 Å². The number of nitrogens with one attached hydrogen (secondary N) is 1. The van der Waals surface area contributed by atoms with Crippen LogP contribution >= 0.6 is 12.2 Å². The van der Waals surface area contributed by atoms with Crippen molar-refractivity contribution in [2.45, 2.75) is 39.4 Å². The van der Waals surface area contributed by atoms with Gasteiger partial charge in [0.15, 0.2) is 5.11 Å². The van der Waals surface area contributed by atoms with Gasteiger partial charge in [-0.1, -0.05) is 18.2 Å². The summed E-state index contributed by atoms with van der Waals surface area (Å²) in [6, 6.07) is 18.2. The molecule has 0 amide bonds. The van der Waals surface area contributed by atoms with Gasteiger partial charge in [-0.05, 0) is 80.5 Å². The van der Waals surface area contributed by atoms with Crippen LogP contribution in [0.25, 0.3) is 5.82 Å². The summed E-state index contributed by atoms with van der Waals surface area (Å²) in [5.74, 6) is 0.956. The molecule has 4 aromatic heterocycles. The molecule has 2 atom stereocenters. The molecule has 0 radical (unpaired) electrons. The number of aromatic nitrogens is 4. The summed E-state index contributed by atoms with van der Waals surface area (Å²) < 4.78 is 2.24. The number of pyridine rings is 3. The first-order chi connectivity index (χ1) is 16.0. The number of thiocarbonyl (C=S) groups is 1. The lowest BCUT2D eigenvalue weighted by Crippen LogP contribution is -2.29. The molecule has 1 fully saturated rings. The van der Waals surface area contributed by atoms with Gasteiger partial charge >= 0.3 is 0 Å². The van der Waals surface area contributed by atoms with E-state index < -0.39 is 0 Å². The second-order valence-corrected chi connectivity index (χ2v) is 8.77. The van der Waals surface area contributed by atoms with Crippen LogP contribution in [-0.4, -0.2) is 29.5 Å². The lowest BCUT2D eigenvalue weighted by molar-refractivity contribution is 0.307. The van der Waals surface area contributed by atoms with E-state index in [0.717, 1.165) is 34.2 Å². The average Bonchev–Trinajstić information content (AvgIpc) is 3.30. The topological polar surface area (TPSA) is 58.9 Å². The molecular weight excluding hydrogens is 428 g/mol. The van der Waals surface area contributed by atoms with Crippen molar-refractivity contribution in [3.8, 4) is 5.82 Å². The molecule has 1 saturated heterocycles. The van der Waals surface area contributed by atoms with Gasteiger partial charge < -0.3 is 14.8 Å². The SMILES string of the molecule is Cc1cccnc1-n1c(C)cc([C@@H]2[C@@H](c3ccccn3)NC(=S)N2Cc2ccccn2)c1C. The zero-order valence-corrected chi connectivity index (χ0v) is 19.8. The Balaban J connectivity index is 1.63. The Labute approximate surface area is 199 Å². The quantitative estimate of drug-likeness (QED) is 0.439. The van der Waals surface area contributed by atoms with Gasteiger partial charge in [-0.25, -0.2) is 4.98 Å². The minimum atomic E-state index is -0.0683. The fourth-order valence-electron chi connectivity index (χ4n) is 4.70. The van der Waals surface area contributed by atoms with Crippen molar-refractivity contribution in [1.29, 1.82) is 0 Å². The molecule has 166 valence electrons. The predicted molar refractivity (Wildman–Crippen MR) is 133 cm³/mol. The Morgan fingerprint density at radius 2 is 1.67 bits per heavy atom. The first-order valence-electron chi connectivity index (χ1n) is 11.0. The second-order valence-electron chi connectivity index (χ2n) is 8.38. The number of rotatable bonds is 5. The number of hydrogen-bond donors (Lipinski definition) is 1. The van der Waals surface area contributed by atoms with Crippen LogP contribution in [0.2, 0.25) is 0 Å². The summed E-state index contributed by atoms with van der Waals surface area (Å²) in [5, 5.41) is 4.25. The second kappa shape index (κ2) is 8.75. The van der Waals surface area contributed by atoms with E-state index in [2.05, 4.69) is 68.7 Å². The average molecular weight is 455 g/mol. The predicted octanol–water partition coefficient (Wildman–Crippen LogP) is 4.76. The van der Waals surface area contributed by atoms with E-state index in [1.807, 2.05) is 55.0 Å². The largest absolute Gasteiger partial charge is 0.352 e. The van der Waals surface area contributed by atoms with Crippen molar-refractivity contribution in [2.75, 3.05) is 0 Å². The van der Waals surface area contributed by atoms with Crippen LogP contribution < -0.4 is 5.32 Å². The lowest BCUT2D eigenvalue weighted by atomic mass is 9.96. The standard InChI is InChI=1S/C26H26N6S/c1-17-9-8-14-29-25(17)32-18(2)15-21(19(32)3)24-23(22-11-5-7-13-28-22)30-26(33)31(24)16-20-10-4-6-12-27-20/h4-15,23-24H,16H2,1-3H3,(H,30,33)/t23-,24-/m1/s1. The minimum absolute atomic E-state index is 0.0293. The molecule has 0 spiro atoms. The van der Waals surface area contributed by atoms with Crippen molar-refractivity contribution in [1.82, 2.24) is 29.7 Å². The third-order valence-corrected chi connectivity index (χ3v) is 6.59. The van der Waals surface area contributed by atoms with Crippen LogP contribution in [0.3, 0.4) is 0 Å². The van der Waals surface area contributed by atoms with Gasteiger partial charge in [0.05, 0.1) is 30.0 Å². The van der Waals surface area contributed by atoms with Gasteiger partial charge in [0.25, 0.3) is 0 Å². The van der Waals surface area contributed by atoms with Gasteiger partial charge in [-0.2, -0.15) is 0 Å². The molecule has 0 aromatic carbocycles. The molecule has 1 N–H and O–H groups in total. The van der Waals surface area contributed by atoms with Crippen LogP contribution in [0.5, 0.6) is 0 Å². The highest BCUT2D eigenvalue weighted by atomic mass is 32.1. The monoisotopic (exact) mass is 454 g/mol. The van der Waals surface area contributed by atoms with Crippen LogP contribution in [0.4, 0.5) is 0 Å². The summed E-state index contributed by atoms with van der Waals surface area (Å²) in [4.78, 5) is 16.1. The highest BCUT2D eigenvalue weighted by molar-refractivity contribution is 7.80. The molecule has 0 saturated carbocycles. The van der Waals surface area contributed by atoms with Crippen LogP contribution in [0.1, 0.15) is 46.0 Å². The maximum atomic E-state index is 5.83. The molecule has 7 heteroatoms. The van der Waals surface area contributed by atoms with Crippen molar-refractivity contribution >= 4 is 17.3 Å². The molecule has 1 aliphatic heterocycles. The molecule has 5 heterocycles. The molecule has 0 unspecified atom stereocenters. The van der Waals surface area contributed by atoms with E-state index in [0.29, 0.717) is 11.7 Å². The fourth-order valence-corrected chi connectivity index (χ4v) is 5.01. The normalized spacial score (nSPS) is 17.9. The molecule has 1 aliphatic rings. The van der Waals surface area contributed by atoms with Crippen molar-refractivity contribution in [3.63, 3.8) is 0 Å². The molecule has 5 rings (SSSR count). The Hall–Kier alpha value is -3.58. The summed E-state index contributed by atoms with van der Waals surface area (Å²) in [6.45, 7) is 7.00. The van der Waals surface area contributed by atoms with Crippen LogP contribution in [0.15, 0.2) is 73.2 Å². The highest BCUT2D eigenvalue weighted by Gasteiger charge is 2.41. The highest BCUT2D eigenvalue weighted by Crippen LogP contribution is 2.42. The Kier molecular flexibility index (Phi) is 5.64. The van der Waals surface area contributed by atoms with Crippen LogP contribution in [0, 0.1) is 20.8 Å². The maximum absolute atomic E-state index is 5.83. The molecular formula is C26H26N6S. The van der Waals surface area contributed by atoms with Crippen molar-refractivity contribution in [3.05, 3.63) is 107 Å². The Bertz CT molecular complexity index is 1280. The van der Waals surface area contributed by atoms with Gasteiger partial charge in [0.2, 0.25) is 0 Å². The maximum Gasteiger partial charge on any atom is 0.170 e. The molecule has 0 aliphatic carbocycles. The Morgan fingerprint density at radius 3 is 2.36 bits per heavy atom. The summed E-state index contributed by atoms with van der Waals surface area (Å²) >= 11 is 5.83. The smallest absolute Gasteiger partial charge is 0.170 e. The molecule has 6 nitrogen and oxygen atoms in total. The lowest BCUT2D eigenvalue weighted by Gasteiger charge is -2.28. The van der Waals surface area contributed by atoms with Crippen molar-refractivity contribution in [2.24, 2.45) is 0 Å². The summed E-state index contributed by atoms with van der Waals surface area (Å²) in [7, 11) is 0. The Morgan fingerprint density at radius 1 is 0.909 bits per heavy atom. The molecule has 33 heavy (non-hydrogen) atoms. The van der Waals surface area contributed by atoms with E-state index in [1.165, 1.54) is 5.56 Å².